The van der Waals surface area contributed by atoms with E-state index in [9.17, 15) is 19.2 Å². The second-order valence-electron chi connectivity index (χ2n) is 7.10. The summed E-state index contributed by atoms with van der Waals surface area (Å²) in [5, 5.41) is 5.19. The van der Waals surface area contributed by atoms with Crippen LogP contribution < -0.4 is 10.6 Å². The first-order valence-electron chi connectivity index (χ1n) is 9.40. The van der Waals surface area contributed by atoms with Crippen molar-refractivity contribution in [1.29, 1.82) is 0 Å². The van der Waals surface area contributed by atoms with Gasteiger partial charge in [0.1, 0.15) is 0 Å². The molecule has 1 aromatic heterocycles. The molecule has 0 spiro atoms. The number of hydrogen-bond acceptors (Lipinski definition) is 5. The van der Waals surface area contributed by atoms with Crippen LogP contribution in [0.1, 0.15) is 51.1 Å². The molecule has 0 bridgehead atoms. The van der Waals surface area contributed by atoms with Crippen LogP contribution in [0.25, 0.3) is 0 Å². The van der Waals surface area contributed by atoms with Crippen LogP contribution in [-0.2, 0) is 22.6 Å². The second kappa shape index (κ2) is 7.79. The van der Waals surface area contributed by atoms with E-state index in [0.29, 0.717) is 29.5 Å². The number of carbonyl (C=O) groups excluding carboxylic acids is 4. The van der Waals surface area contributed by atoms with E-state index in [4.69, 9.17) is 0 Å². The van der Waals surface area contributed by atoms with E-state index in [0.717, 1.165) is 16.7 Å². The second-order valence-corrected chi connectivity index (χ2v) is 7.10. The van der Waals surface area contributed by atoms with Gasteiger partial charge in [-0.2, -0.15) is 0 Å². The number of pyridine rings is 1. The van der Waals surface area contributed by atoms with Gasteiger partial charge < -0.3 is 5.32 Å². The van der Waals surface area contributed by atoms with E-state index in [1.165, 1.54) is 6.20 Å². The molecule has 0 saturated carbocycles. The quantitative estimate of drug-likeness (QED) is 0.616. The fourth-order valence-electron chi connectivity index (χ4n) is 3.78. The van der Waals surface area contributed by atoms with Crippen LogP contribution in [0.15, 0.2) is 53.9 Å². The van der Waals surface area contributed by atoms with Crippen LogP contribution in [0.2, 0.25) is 0 Å². The fourth-order valence-corrected chi connectivity index (χ4v) is 3.78. The summed E-state index contributed by atoms with van der Waals surface area (Å²) >= 11 is 0. The summed E-state index contributed by atoms with van der Waals surface area (Å²) in [6.07, 6.45) is 4.31. The number of piperidine rings is 1. The summed E-state index contributed by atoms with van der Waals surface area (Å²) in [5.41, 5.74) is 4.01. The number of benzene rings is 1. The molecular formula is C22H19N3O4. The molecule has 1 aliphatic carbocycles. The van der Waals surface area contributed by atoms with Crippen molar-refractivity contribution in [3.8, 4) is 0 Å². The molecule has 0 unspecified atom stereocenters. The van der Waals surface area contributed by atoms with Crippen molar-refractivity contribution in [3.63, 3.8) is 0 Å². The minimum Gasteiger partial charge on any atom is -0.348 e. The number of fused-ring (bicyclic) bond motifs is 1. The Labute approximate surface area is 167 Å². The Hall–Kier alpha value is -3.61. The van der Waals surface area contributed by atoms with Gasteiger partial charge in [0.15, 0.2) is 5.78 Å². The summed E-state index contributed by atoms with van der Waals surface area (Å²) in [6, 6.07) is 8.81. The Bertz CT molecular complexity index is 1060. The first-order chi connectivity index (χ1) is 14.0. The number of hydrogen-bond donors (Lipinski definition) is 2. The number of carbonyl (C=O) groups is 4. The lowest BCUT2D eigenvalue weighted by molar-refractivity contribution is -0.130. The number of nitrogens with one attached hydrogen (secondary N) is 2. The molecule has 2 aliphatic rings. The normalized spacial score (nSPS) is 18.8. The molecule has 1 aromatic carbocycles. The highest BCUT2D eigenvalue weighted by Crippen LogP contribution is 2.31. The van der Waals surface area contributed by atoms with Gasteiger partial charge in [-0.05, 0) is 41.7 Å². The van der Waals surface area contributed by atoms with Gasteiger partial charge in [0, 0.05) is 42.9 Å². The van der Waals surface area contributed by atoms with Crippen molar-refractivity contribution in [1.82, 2.24) is 15.6 Å². The highest BCUT2D eigenvalue weighted by atomic mass is 16.2. The SMILES string of the molecule is O=C1CC/C(=C2/CC(=O)c3cccc(CNC(=O)c4cccnc4)c3C2)C(=O)N1. The van der Waals surface area contributed by atoms with Crippen LogP contribution in [0.5, 0.6) is 0 Å². The molecule has 1 aliphatic heterocycles. The summed E-state index contributed by atoms with van der Waals surface area (Å²) in [6.45, 7) is 0.261. The number of ketones is 1. The van der Waals surface area contributed by atoms with Gasteiger partial charge in [-0.25, -0.2) is 0 Å². The number of nitrogens with zero attached hydrogens (tertiary/aromatic N) is 1. The number of rotatable bonds is 3. The van der Waals surface area contributed by atoms with Gasteiger partial charge >= 0.3 is 0 Å². The van der Waals surface area contributed by atoms with Crippen LogP contribution in [0.3, 0.4) is 0 Å². The number of amides is 3. The topological polar surface area (TPSA) is 105 Å². The predicted molar refractivity (Wildman–Crippen MR) is 104 cm³/mol. The van der Waals surface area contributed by atoms with Crippen molar-refractivity contribution in [2.24, 2.45) is 0 Å². The Kier molecular flexibility index (Phi) is 5.03. The Morgan fingerprint density at radius 1 is 1.07 bits per heavy atom. The van der Waals surface area contributed by atoms with Gasteiger partial charge in [-0.15, -0.1) is 0 Å². The molecular weight excluding hydrogens is 370 g/mol. The molecule has 2 aromatic rings. The van der Waals surface area contributed by atoms with E-state index in [-0.39, 0.29) is 37.0 Å². The largest absolute Gasteiger partial charge is 0.348 e. The molecule has 7 heteroatoms. The lowest BCUT2D eigenvalue weighted by Crippen LogP contribution is -2.37. The minimum absolute atomic E-state index is 0.0566. The maximum Gasteiger partial charge on any atom is 0.253 e. The summed E-state index contributed by atoms with van der Waals surface area (Å²) in [7, 11) is 0. The fraction of sp³-hybridized carbons (Fsp3) is 0.227. The maximum atomic E-state index is 12.7. The van der Waals surface area contributed by atoms with Crippen molar-refractivity contribution in [2.75, 3.05) is 0 Å². The van der Waals surface area contributed by atoms with Crippen LogP contribution in [-0.4, -0.2) is 28.5 Å². The first kappa shape index (κ1) is 18.7. The highest BCUT2D eigenvalue weighted by Gasteiger charge is 2.29. The summed E-state index contributed by atoms with van der Waals surface area (Å²) in [5.74, 6) is -1.00. The Morgan fingerprint density at radius 3 is 2.69 bits per heavy atom. The third kappa shape index (κ3) is 3.85. The van der Waals surface area contributed by atoms with Crippen LogP contribution in [0, 0.1) is 0 Å². The van der Waals surface area contributed by atoms with Crippen LogP contribution >= 0.6 is 0 Å². The number of allylic oxidation sites excluding steroid dienone is 1. The van der Waals surface area contributed by atoms with E-state index in [1.807, 2.05) is 6.07 Å². The zero-order valence-corrected chi connectivity index (χ0v) is 15.7. The average Bonchev–Trinajstić information content (AvgIpc) is 2.72. The molecule has 4 rings (SSSR count). The summed E-state index contributed by atoms with van der Waals surface area (Å²) in [4.78, 5) is 52.6. The third-order valence-electron chi connectivity index (χ3n) is 5.26. The van der Waals surface area contributed by atoms with Gasteiger partial charge in [-0.3, -0.25) is 29.5 Å². The molecule has 29 heavy (non-hydrogen) atoms. The molecule has 2 heterocycles. The molecule has 3 amide bonds. The molecule has 0 radical (unpaired) electrons. The van der Waals surface area contributed by atoms with E-state index in [1.54, 1.807) is 30.5 Å². The zero-order chi connectivity index (χ0) is 20.4. The Balaban J connectivity index is 1.59. The lowest BCUT2D eigenvalue weighted by Gasteiger charge is -2.25. The average molecular weight is 389 g/mol. The van der Waals surface area contributed by atoms with Crippen molar-refractivity contribution >= 4 is 23.5 Å². The highest BCUT2D eigenvalue weighted by molar-refractivity contribution is 6.09. The smallest absolute Gasteiger partial charge is 0.253 e. The number of imide groups is 1. The summed E-state index contributed by atoms with van der Waals surface area (Å²) < 4.78 is 0. The van der Waals surface area contributed by atoms with E-state index in [2.05, 4.69) is 15.6 Å². The van der Waals surface area contributed by atoms with Gasteiger partial charge in [0.05, 0.1) is 5.56 Å². The van der Waals surface area contributed by atoms with Crippen LogP contribution in [0.4, 0.5) is 0 Å². The predicted octanol–water partition coefficient (Wildman–Crippen LogP) is 1.87. The lowest BCUT2D eigenvalue weighted by atomic mass is 9.81. The maximum absolute atomic E-state index is 12.7. The number of aromatic nitrogens is 1. The molecule has 2 N–H and O–H groups in total. The first-order valence-corrected chi connectivity index (χ1v) is 9.40. The van der Waals surface area contributed by atoms with Gasteiger partial charge in [0.2, 0.25) is 5.91 Å². The zero-order valence-electron chi connectivity index (χ0n) is 15.7. The van der Waals surface area contributed by atoms with Crippen molar-refractivity contribution in [3.05, 3.63) is 76.1 Å². The third-order valence-corrected chi connectivity index (χ3v) is 5.26. The molecule has 1 saturated heterocycles. The van der Waals surface area contributed by atoms with E-state index < -0.39 is 5.91 Å². The van der Waals surface area contributed by atoms with Crippen molar-refractivity contribution < 1.29 is 19.2 Å². The molecule has 7 nitrogen and oxygen atoms in total. The molecule has 1 fully saturated rings. The molecule has 0 atom stereocenters. The van der Waals surface area contributed by atoms with Crippen molar-refractivity contribution in [2.45, 2.75) is 32.2 Å². The van der Waals surface area contributed by atoms with E-state index >= 15 is 0 Å². The standard InChI is InChI=1S/C22H19N3O4/c26-19-10-15(16-6-7-20(27)25-22(16)29)9-18-13(3-1-5-17(18)19)12-24-21(28)14-4-2-8-23-11-14/h1-5,8,11H,6-7,9-10,12H2,(H,24,28)(H,25,27,29)/b16-15-. The minimum atomic E-state index is -0.408. The molecule has 146 valence electrons. The van der Waals surface area contributed by atoms with Gasteiger partial charge in [0.25, 0.3) is 11.8 Å². The number of Topliss-reactive ketones (excluding diaryl/α,β-unsaturated/α-hetero) is 1. The van der Waals surface area contributed by atoms with Gasteiger partial charge in [-0.1, -0.05) is 18.2 Å². The monoisotopic (exact) mass is 389 g/mol. The Morgan fingerprint density at radius 2 is 1.93 bits per heavy atom.